The molecule has 31 heavy (non-hydrogen) atoms. The van der Waals surface area contributed by atoms with Crippen molar-refractivity contribution < 1.29 is 9.90 Å². The van der Waals surface area contributed by atoms with Crippen LogP contribution in [0.2, 0.25) is 0 Å². The van der Waals surface area contributed by atoms with Crippen LogP contribution in [0.15, 0.2) is 85.3 Å². The second-order valence-electron chi connectivity index (χ2n) is 7.43. The van der Waals surface area contributed by atoms with E-state index in [2.05, 4.69) is 67.5 Å². The van der Waals surface area contributed by atoms with Gasteiger partial charge in [0.1, 0.15) is 5.65 Å². The SMILES string of the molecule is CC/C(=C(/c1ccc(/C=C/C(=O)O)cc1)c1ccc2nccn2c1)c1ccccc1C. The summed E-state index contributed by atoms with van der Waals surface area (Å²) in [5.41, 5.74) is 8.87. The maximum Gasteiger partial charge on any atom is 0.328 e. The van der Waals surface area contributed by atoms with Crippen molar-refractivity contribution >= 4 is 28.8 Å². The molecule has 0 aliphatic carbocycles. The minimum atomic E-state index is -0.953. The Bertz CT molecular complexity index is 1290. The van der Waals surface area contributed by atoms with Gasteiger partial charge in [0.2, 0.25) is 0 Å². The Morgan fingerprint density at radius 3 is 2.48 bits per heavy atom. The number of imidazole rings is 1. The number of benzene rings is 2. The van der Waals surface area contributed by atoms with Crippen molar-refractivity contribution in [3.8, 4) is 0 Å². The zero-order valence-corrected chi connectivity index (χ0v) is 17.6. The molecule has 0 aliphatic heterocycles. The summed E-state index contributed by atoms with van der Waals surface area (Å²) in [7, 11) is 0. The normalized spacial score (nSPS) is 12.3. The molecule has 4 nitrogen and oxygen atoms in total. The summed E-state index contributed by atoms with van der Waals surface area (Å²) in [5, 5.41) is 8.89. The number of aromatic nitrogens is 2. The fraction of sp³-hybridized carbons (Fsp3) is 0.111. The van der Waals surface area contributed by atoms with Crippen molar-refractivity contribution in [1.29, 1.82) is 0 Å². The zero-order chi connectivity index (χ0) is 21.8. The summed E-state index contributed by atoms with van der Waals surface area (Å²) in [6.45, 7) is 4.32. The summed E-state index contributed by atoms with van der Waals surface area (Å²) in [4.78, 5) is 15.2. The number of hydrogen-bond donors (Lipinski definition) is 1. The molecule has 4 heteroatoms. The summed E-state index contributed by atoms with van der Waals surface area (Å²) >= 11 is 0. The molecule has 2 aromatic heterocycles. The van der Waals surface area contributed by atoms with E-state index in [1.807, 2.05) is 28.8 Å². The van der Waals surface area contributed by atoms with Crippen LogP contribution in [0.5, 0.6) is 0 Å². The number of rotatable bonds is 6. The average Bonchev–Trinajstić information content (AvgIpc) is 3.25. The van der Waals surface area contributed by atoms with Gasteiger partial charge in [0.15, 0.2) is 0 Å². The molecule has 0 radical (unpaired) electrons. The van der Waals surface area contributed by atoms with E-state index in [9.17, 15) is 4.79 Å². The third-order valence-corrected chi connectivity index (χ3v) is 5.42. The van der Waals surface area contributed by atoms with Gasteiger partial charge >= 0.3 is 5.97 Å². The van der Waals surface area contributed by atoms with E-state index in [0.717, 1.165) is 34.8 Å². The van der Waals surface area contributed by atoms with Gasteiger partial charge in [0.25, 0.3) is 0 Å². The third-order valence-electron chi connectivity index (χ3n) is 5.42. The van der Waals surface area contributed by atoms with E-state index in [-0.39, 0.29) is 0 Å². The number of carbonyl (C=O) groups is 1. The molecule has 0 saturated heterocycles. The molecule has 4 aromatic rings. The molecule has 1 N–H and O–H groups in total. The lowest BCUT2D eigenvalue weighted by Gasteiger charge is -2.18. The second-order valence-corrected chi connectivity index (χ2v) is 7.43. The van der Waals surface area contributed by atoms with Crippen LogP contribution in [0.25, 0.3) is 22.9 Å². The van der Waals surface area contributed by atoms with Gasteiger partial charge in [0, 0.05) is 24.7 Å². The quantitative estimate of drug-likeness (QED) is 0.309. The molecule has 154 valence electrons. The summed E-state index contributed by atoms with van der Waals surface area (Å²) < 4.78 is 2.03. The minimum absolute atomic E-state index is 0.851. The highest BCUT2D eigenvalue weighted by Crippen LogP contribution is 2.35. The van der Waals surface area contributed by atoms with Crippen molar-refractivity contribution in [2.75, 3.05) is 0 Å². The fourth-order valence-corrected chi connectivity index (χ4v) is 3.92. The van der Waals surface area contributed by atoms with E-state index in [4.69, 9.17) is 5.11 Å². The molecule has 2 aromatic carbocycles. The van der Waals surface area contributed by atoms with E-state index < -0.39 is 5.97 Å². The van der Waals surface area contributed by atoms with E-state index in [1.54, 1.807) is 12.3 Å². The summed E-state index contributed by atoms with van der Waals surface area (Å²) in [6.07, 6.45) is 9.51. The van der Waals surface area contributed by atoms with Crippen LogP contribution in [0.3, 0.4) is 0 Å². The molecular weight excluding hydrogens is 384 g/mol. The van der Waals surface area contributed by atoms with E-state index in [0.29, 0.717) is 0 Å². The number of carboxylic acids is 1. The van der Waals surface area contributed by atoms with Gasteiger partial charge in [-0.3, -0.25) is 0 Å². The largest absolute Gasteiger partial charge is 0.478 e. The van der Waals surface area contributed by atoms with Crippen molar-refractivity contribution in [3.63, 3.8) is 0 Å². The Balaban J connectivity index is 1.92. The molecule has 0 saturated carbocycles. The van der Waals surface area contributed by atoms with Crippen LogP contribution in [-0.4, -0.2) is 20.5 Å². The Kier molecular flexibility index (Phi) is 5.80. The smallest absolute Gasteiger partial charge is 0.328 e. The van der Waals surface area contributed by atoms with Crippen LogP contribution >= 0.6 is 0 Å². The Morgan fingerprint density at radius 1 is 1.03 bits per heavy atom. The van der Waals surface area contributed by atoms with Crippen LogP contribution in [0.1, 0.15) is 41.2 Å². The number of aliphatic carboxylic acids is 1. The van der Waals surface area contributed by atoms with Crippen LogP contribution in [0, 0.1) is 6.92 Å². The first-order valence-electron chi connectivity index (χ1n) is 10.3. The lowest BCUT2D eigenvalue weighted by Crippen LogP contribution is -1.98. The van der Waals surface area contributed by atoms with Crippen molar-refractivity contribution in [2.24, 2.45) is 0 Å². The molecule has 0 amide bonds. The number of pyridine rings is 1. The van der Waals surface area contributed by atoms with Gasteiger partial charge < -0.3 is 9.51 Å². The van der Waals surface area contributed by atoms with Crippen LogP contribution in [0.4, 0.5) is 0 Å². The molecule has 0 aliphatic rings. The Morgan fingerprint density at radius 2 is 1.77 bits per heavy atom. The van der Waals surface area contributed by atoms with Gasteiger partial charge in [-0.25, -0.2) is 9.78 Å². The zero-order valence-electron chi connectivity index (χ0n) is 17.6. The topological polar surface area (TPSA) is 54.6 Å². The molecule has 2 heterocycles. The number of nitrogens with zero attached hydrogens (tertiary/aromatic N) is 2. The summed E-state index contributed by atoms with van der Waals surface area (Å²) in [6, 6.07) is 20.6. The highest BCUT2D eigenvalue weighted by molar-refractivity contribution is 5.99. The molecule has 0 spiro atoms. The van der Waals surface area contributed by atoms with Gasteiger partial charge in [-0.2, -0.15) is 0 Å². The monoisotopic (exact) mass is 408 g/mol. The molecule has 4 rings (SSSR count). The van der Waals surface area contributed by atoms with E-state index in [1.165, 1.54) is 22.3 Å². The first kappa shape index (κ1) is 20.4. The maximum atomic E-state index is 10.8. The molecule has 0 unspecified atom stereocenters. The van der Waals surface area contributed by atoms with Crippen molar-refractivity contribution in [1.82, 2.24) is 9.38 Å². The third kappa shape index (κ3) is 4.33. The predicted molar refractivity (Wildman–Crippen MR) is 126 cm³/mol. The number of aryl methyl sites for hydroxylation is 1. The average molecular weight is 409 g/mol. The standard InChI is InChI=1S/C27H24N2O2/c1-3-23(24-7-5-4-6-19(24)2)27(22-13-14-25-28-16-17-29(25)18-22)21-11-8-20(9-12-21)10-15-26(30)31/h4-18H,3H2,1-2H3,(H,30,31)/b15-10+,27-23+. The van der Waals surface area contributed by atoms with Gasteiger partial charge in [-0.1, -0.05) is 55.5 Å². The van der Waals surface area contributed by atoms with Crippen LogP contribution < -0.4 is 0 Å². The fourth-order valence-electron chi connectivity index (χ4n) is 3.92. The number of allylic oxidation sites excluding steroid dienone is 1. The second kappa shape index (κ2) is 8.84. The van der Waals surface area contributed by atoms with Crippen molar-refractivity contribution in [3.05, 3.63) is 113 Å². The lowest BCUT2D eigenvalue weighted by atomic mass is 9.87. The Labute approximate surface area is 181 Å². The van der Waals surface area contributed by atoms with Gasteiger partial charge in [-0.05, 0) is 70.5 Å². The Hall–Kier alpha value is -3.92. The van der Waals surface area contributed by atoms with Gasteiger partial charge in [0.05, 0.1) is 0 Å². The molecular formula is C27H24N2O2. The highest BCUT2D eigenvalue weighted by Gasteiger charge is 2.15. The lowest BCUT2D eigenvalue weighted by molar-refractivity contribution is -0.131. The number of fused-ring (bicyclic) bond motifs is 1. The first-order valence-corrected chi connectivity index (χ1v) is 10.3. The minimum Gasteiger partial charge on any atom is -0.478 e. The first-order chi connectivity index (χ1) is 15.1. The molecule has 0 bridgehead atoms. The number of hydrogen-bond acceptors (Lipinski definition) is 2. The van der Waals surface area contributed by atoms with Crippen molar-refractivity contribution in [2.45, 2.75) is 20.3 Å². The van der Waals surface area contributed by atoms with E-state index >= 15 is 0 Å². The highest BCUT2D eigenvalue weighted by atomic mass is 16.4. The number of carboxylic acid groups (broad SMARTS) is 1. The molecule has 0 atom stereocenters. The van der Waals surface area contributed by atoms with Gasteiger partial charge in [-0.15, -0.1) is 0 Å². The maximum absolute atomic E-state index is 10.8. The summed E-state index contributed by atoms with van der Waals surface area (Å²) in [5.74, 6) is -0.953. The predicted octanol–water partition coefficient (Wildman–Crippen LogP) is 6.11. The van der Waals surface area contributed by atoms with Crippen LogP contribution in [-0.2, 0) is 4.79 Å². The molecule has 0 fully saturated rings.